The van der Waals surface area contributed by atoms with E-state index in [0.29, 0.717) is 49.5 Å². The lowest BCUT2D eigenvalue weighted by Crippen LogP contribution is -2.42. The molecule has 2 unspecified atom stereocenters. The Labute approximate surface area is 204 Å². The second kappa shape index (κ2) is 11.0. The van der Waals surface area contributed by atoms with Crippen molar-refractivity contribution in [3.05, 3.63) is 24.5 Å². The minimum Gasteiger partial charge on any atom is -0.396 e. The van der Waals surface area contributed by atoms with E-state index in [-0.39, 0.29) is 19.0 Å². The van der Waals surface area contributed by atoms with Crippen LogP contribution < -0.4 is 10.6 Å². The fraction of sp³-hybridized carbons (Fsp3) is 0.739. The van der Waals surface area contributed by atoms with Gasteiger partial charge in [-0.1, -0.05) is 12.2 Å². The molecule has 0 bridgehead atoms. The summed E-state index contributed by atoms with van der Waals surface area (Å²) in [7, 11) is -3.87. The molecule has 8 nitrogen and oxygen atoms in total. The van der Waals surface area contributed by atoms with Crippen LogP contribution in [0.25, 0.3) is 0 Å². The van der Waals surface area contributed by atoms with Gasteiger partial charge in [-0.05, 0) is 43.4 Å². The first-order valence-corrected chi connectivity index (χ1v) is 13.8. The Morgan fingerprint density at radius 2 is 1.66 bits per heavy atom. The van der Waals surface area contributed by atoms with Crippen molar-refractivity contribution < 1.29 is 26.3 Å². The van der Waals surface area contributed by atoms with Crippen molar-refractivity contribution in [3.63, 3.8) is 0 Å². The lowest BCUT2D eigenvalue weighted by molar-refractivity contribution is -0.130. The molecule has 2 fully saturated rings. The number of rotatable bonds is 9. The first-order chi connectivity index (χ1) is 16.6. The Morgan fingerprint density at radius 3 is 2.23 bits per heavy atom. The molecule has 0 aromatic carbocycles. The zero-order valence-electron chi connectivity index (χ0n) is 19.7. The first kappa shape index (κ1) is 26.2. The fourth-order valence-corrected chi connectivity index (χ4v) is 6.66. The van der Waals surface area contributed by atoms with Gasteiger partial charge < -0.3 is 15.4 Å². The Balaban J connectivity index is 1.13. The molecule has 2 atom stereocenters. The van der Waals surface area contributed by atoms with E-state index in [9.17, 15) is 21.6 Å². The fourth-order valence-electron chi connectivity index (χ4n) is 5.15. The number of allylic oxidation sites excluding steroid dienone is 1. The highest BCUT2D eigenvalue weighted by Crippen LogP contribution is 2.38. The van der Waals surface area contributed by atoms with Gasteiger partial charge in [-0.3, -0.25) is 0 Å². The first-order valence-electron chi connectivity index (χ1n) is 12.2. The molecule has 2 N–H and O–H groups in total. The van der Waals surface area contributed by atoms with E-state index in [2.05, 4.69) is 27.0 Å². The van der Waals surface area contributed by atoms with Gasteiger partial charge in [0, 0.05) is 38.7 Å². The number of sulfonamides is 1. The lowest BCUT2D eigenvalue weighted by atomic mass is 9.71. The van der Waals surface area contributed by atoms with Crippen LogP contribution in [0.15, 0.2) is 24.5 Å². The van der Waals surface area contributed by atoms with E-state index in [1.54, 1.807) is 12.4 Å². The van der Waals surface area contributed by atoms with Gasteiger partial charge in [0.05, 0.1) is 36.9 Å². The largest absolute Gasteiger partial charge is 0.396 e. The third kappa shape index (κ3) is 7.07. The van der Waals surface area contributed by atoms with Crippen LogP contribution in [0.4, 0.5) is 24.8 Å². The van der Waals surface area contributed by atoms with Crippen LogP contribution in [0.2, 0.25) is 0 Å². The zero-order chi connectivity index (χ0) is 25.1. The van der Waals surface area contributed by atoms with Crippen molar-refractivity contribution in [3.8, 4) is 0 Å². The van der Waals surface area contributed by atoms with Gasteiger partial charge in [-0.25, -0.2) is 22.7 Å². The summed E-state index contributed by atoms with van der Waals surface area (Å²) in [5.74, 6) is 1.57. The average Bonchev–Trinajstić information content (AvgIpc) is 2.81. The molecule has 196 valence electrons. The normalized spacial score (nSPS) is 25.1. The highest BCUT2D eigenvalue weighted by Gasteiger charge is 2.36. The molecule has 1 aromatic heterocycles. The highest BCUT2D eigenvalue weighted by atomic mass is 32.2. The van der Waals surface area contributed by atoms with Crippen molar-refractivity contribution in [2.45, 2.75) is 38.3 Å². The van der Waals surface area contributed by atoms with Gasteiger partial charge in [-0.2, -0.15) is 13.2 Å². The average molecular weight is 518 g/mol. The standard InChI is InChI=1S/C23H34F3N5O3S/c24-23(25,26)7-12-35(32,33)31-10-3-17(4-11-31)15-34-16-19-1-2-21(19)18-5-8-30(9-6-18)22-28-13-20(27)14-29-22/h1-2,13-14,17-19,21H,3-12,15-16,27H2. The second-order valence-corrected chi connectivity index (χ2v) is 11.9. The number of nitrogens with two attached hydrogens (primary N) is 1. The molecule has 1 aliphatic carbocycles. The molecule has 35 heavy (non-hydrogen) atoms. The van der Waals surface area contributed by atoms with Crippen LogP contribution in [0.5, 0.6) is 0 Å². The monoisotopic (exact) mass is 517 g/mol. The highest BCUT2D eigenvalue weighted by molar-refractivity contribution is 7.89. The topological polar surface area (TPSA) is 102 Å². The van der Waals surface area contributed by atoms with Crippen LogP contribution in [0.1, 0.15) is 32.1 Å². The van der Waals surface area contributed by atoms with Crippen molar-refractivity contribution in [1.29, 1.82) is 0 Å². The van der Waals surface area contributed by atoms with Gasteiger partial charge in [0.1, 0.15) is 0 Å². The summed E-state index contributed by atoms with van der Waals surface area (Å²) in [6.07, 6.45) is 5.34. The molecule has 2 aliphatic heterocycles. The maximum Gasteiger partial charge on any atom is 0.390 e. The second-order valence-electron chi connectivity index (χ2n) is 9.83. The lowest BCUT2D eigenvalue weighted by Gasteiger charge is -2.41. The summed E-state index contributed by atoms with van der Waals surface area (Å²) in [4.78, 5) is 10.8. The van der Waals surface area contributed by atoms with Gasteiger partial charge in [0.15, 0.2) is 0 Å². The van der Waals surface area contributed by atoms with Crippen molar-refractivity contribution in [1.82, 2.24) is 14.3 Å². The molecule has 3 aliphatic rings. The number of nitrogens with zero attached hydrogens (tertiary/aromatic N) is 4. The zero-order valence-corrected chi connectivity index (χ0v) is 20.6. The third-order valence-corrected chi connectivity index (χ3v) is 9.25. The molecular formula is C23H34F3N5O3S. The smallest absolute Gasteiger partial charge is 0.390 e. The van der Waals surface area contributed by atoms with Gasteiger partial charge in [0.2, 0.25) is 16.0 Å². The summed E-state index contributed by atoms with van der Waals surface area (Å²) in [6, 6.07) is 0. The van der Waals surface area contributed by atoms with Gasteiger partial charge >= 0.3 is 6.18 Å². The number of alkyl halides is 3. The number of halogens is 3. The van der Waals surface area contributed by atoms with E-state index < -0.39 is 28.4 Å². The Hall–Kier alpha value is -1.92. The minimum atomic E-state index is -4.46. The number of anilines is 2. The van der Waals surface area contributed by atoms with E-state index >= 15 is 0 Å². The van der Waals surface area contributed by atoms with Gasteiger partial charge in [0.25, 0.3) is 0 Å². The number of nitrogen functional groups attached to an aromatic ring is 1. The van der Waals surface area contributed by atoms with Crippen LogP contribution in [-0.2, 0) is 14.8 Å². The number of aromatic nitrogens is 2. The van der Waals surface area contributed by atoms with Gasteiger partial charge in [-0.15, -0.1) is 0 Å². The quantitative estimate of drug-likeness (QED) is 0.503. The maximum absolute atomic E-state index is 12.4. The molecule has 0 amide bonds. The van der Waals surface area contributed by atoms with E-state index in [1.807, 2.05) is 0 Å². The van der Waals surface area contributed by atoms with Crippen molar-refractivity contribution in [2.24, 2.45) is 23.7 Å². The van der Waals surface area contributed by atoms with Crippen molar-refractivity contribution in [2.75, 3.05) is 55.8 Å². The molecule has 2 saturated heterocycles. The maximum atomic E-state index is 12.4. The van der Waals surface area contributed by atoms with E-state index in [4.69, 9.17) is 10.5 Å². The number of hydrogen-bond acceptors (Lipinski definition) is 7. The Bertz CT molecular complexity index is 958. The summed E-state index contributed by atoms with van der Waals surface area (Å²) in [6.45, 7) is 3.55. The van der Waals surface area contributed by atoms with Crippen LogP contribution in [-0.4, -0.2) is 74.0 Å². The predicted octanol–water partition coefficient (Wildman–Crippen LogP) is 3.09. The molecular weight excluding hydrogens is 483 g/mol. The summed E-state index contributed by atoms with van der Waals surface area (Å²) >= 11 is 0. The molecule has 0 saturated carbocycles. The third-order valence-electron chi connectivity index (χ3n) is 7.37. The Morgan fingerprint density at radius 1 is 1.00 bits per heavy atom. The molecule has 0 radical (unpaired) electrons. The predicted molar refractivity (Wildman–Crippen MR) is 127 cm³/mol. The molecule has 1 aromatic rings. The van der Waals surface area contributed by atoms with Crippen LogP contribution in [0.3, 0.4) is 0 Å². The van der Waals surface area contributed by atoms with Crippen LogP contribution >= 0.6 is 0 Å². The summed E-state index contributed by atoms with van der Waals surface area (Å²) in [5.41, 5.74) is 6.23. The molecule has 0 spiro atoms. The summed E-state index contributed by atoms with van der Waals surface area (Å²) < 4.78 is 68.7. The Kier molecular flexibility index (Phi) is 8.22. The number of hydrogen-bond donors (Lipinski definition) is 1. The molecule has 12 heteroatoms. The molecule has 4 rings (SSSR count). The summed E-state index contributed by atoms with van der Waals surface area (Å²) in [5, 5.41) is 0. The van der Waals surface area contributed by atoms with Crippen molar-refractivity contribution >= 4 is 21.7 Å². The van der Waals surface area contributed by atoms with Crippen LogP contribution in [0, 0.1) is 23.7 Å². The SMILES string of the molecule is Nc1cnc(N2CCC(C3C=CC3COCC3CCN(S(=O)(=O)CCC(F)(F)F)CC3)CC2)nc1. The van der Waals surface area contributed by atoms with E-state index in [0.717, 1.165) is 31.9 Å². The minimum absolute atomic E-state index is 0.231. The van der Waals surface area contributed by atoms with E-state index in [1.165, 1.54) is 4.31 Å². The molecule has 3 heterocycles. The number of piperidine rings is 2. The number of ether oxygens (including phenoxy) is 1.